The molecule has 9 aromatic carbocycles. The average molecular weight is 1210 g/mol. The molecule has 10 nitrogen and oxygen atoms in total. The molecule has 11 heteroatoms. The Hall–Kier alpha value is -9.37. The van der Waals surface area contributed by atoms with Crippen molar-refractivity contribution in [1.82, 2.24) is 37.5 Å². The van der Waals surface area contributed by atoms with Gasteiger partial charge in [-0.15, -0.1) is 24.3 Å². The number of benzene rings is 9. The van der Waals surface area contributed by atoms with Crippen molar-refractivity contribution in [1.29, 1.82) is 0 Å². The smallest absolute Gasteiger partial charge is 0.268 e. The van der Waals surface area contributed by atoms with Gasteiger partial charge >= 0.3 is 0 Å². The number of rotatable bonds is 6. The maximum absolute atomic E-state index is 9.27. The fourth-order valence-corrected chi connectivity index (χ4v) is 11.4. The van der Waals surface area contributed by atoms with Gasteiger partial charge in [0.1, 0.15) is 11.4 Å². The van der Waals surface area contributed by atoms with E-state index in [9.17, 15) is 5.48 Å². The third-order valence-corrected chi connectivity index (χ3v) is 15.1. The van der Waals surface area contributed by atoms with Gasteiger partial charge in [0, 0.05) is 38.2 Å². The number of hydrogen-bond donors (Lipinski definition) is 0. The molecule has 16 aromatic rings. The molecule has 0 fully saturated rings. The quantitative estimate of drug-likeness (QED) is 0.123. The molecule has 0 aliphatic carbocycles. The number of aromatic nitrogens is 9. The first-order valence-corrected chi connectivity index (χ1v) is 25.6. The molecule has 0 radical (unpaired) electrons. The summed E-state index contributed by atoms with van der Waals surface area (Å²) in [6.07, 6.45) is 5.42. The van der Waals surface area contributed by atoms with E-state index >= 15 is 0 Å². The van der Waals surface area contributed by atoms with E-state index in [-0.39, 0.29) is 54.4 Å². The molecule has 79 heavy (non-hydrogen) atoms. The van der Waals surface area contributed by atoms with Gasteiger partial charge in [0.2, 0.25) is 11.6 Å². The molecular formula is C68H47N9OPt-2. The predicted molar refractivity (Wildman–Crippen MR) is 312 cm³/mol. The molecule has 0 saturated carbocycles. The van der Waals surface area contributed by atoms with Gasteiger partial charge in [-0.1, -0.05) is 172 Å². The van der Waals surface area contributed by atoms with E-state index in [4.69, 9.17) is 27.6 Å². The van der Waals surface area contributed by atoms with Crippen LogP contribution in [0.1, 0.15) is 51.2 Å². The summed E-state index contributed by atoms with van der Waals surface area (Å²) in [5, 5.41) is 1.52. The summed E-state index contributed by atoms with van der Waals surface area (Å²) in [7, 11) is 0. The van der Waals surface area contributed by atoms with Gasteiger partial charge < -0.3 is 22.4 Å². The third-order valence-electron chi connectivity index (χ3n) is 15.1. The zero-order chi connectivity index (χ0) is 60.8. The summed E-state index contributed by atoms with van der Waals surface area (Å²) >= 11 is 0. The topological polar surface area (TPSA) is 79.3 Å². The molecule has 0 unspecified atom stereocenters. The van der Waals surface area contributed by atoms with Crippen LogP contribution in [0.4, 0.5) is 0 Å². The van der Waals surface area contributed by atoms with Crippen LogP contribution < -0.4 is 4.57 Å². The second-order valence-corrected chi connectivity index (χ2v) is 20.7. The molecule has 0 amide bonds. The molecular weight excluding hydrogens is 1150 g/mol. The molecule has 0 N–H and O–H groups in total. The van der Waals surface area contributed by atoms with Gasteiger partial charge in [-0.05, 0) is 122 Å². The summed E-state index contributed by atoms with van der Waals surface area (Å²) < 4.78 is 108. The Morgan fingerprint density at radius 3 is 1.85 bits per heavy atom. The van der Waals surface area contributed by atoms with Crippen LogP contribution in [0.2, 0.25) is 0 Å². The molecule has 0 atom stereocenters. The zero-order valence-electron chi connectivity index (χ0n) is 53.0. The van der Waals surface area contributed by atoms with Crippen LogP contribution in [0.25, 0.3) is 134 Å². The number of pyridine rings is 1. The van der Waals surface area contributed by atoms with E-state index in [0.717, 1.165) is 60.6 Å². The number of imidazole rings is 5. The van der Waals surface area contributed by atoms with Crippen LogP contribution in [0.3, 0.4) is 0 Å². The summed E-state index contributed by atoms with van der Waals surface area (Å²) in [5.74, 6) is 1.88. The summed E-state index contributed by atoms with van der Waals surface area (Å²) in [5.41, 5.74) is 12.5. The van der Waals surface area contributed by atoms with Gasteiger partial charge in [0.15, 0.2) is 0 Å². The Morgan fingerprint density at radius 1 is 0.582 bits per heavy atom. The van der Waals surface area contributed by atoms with Gasteiger partial charge in [0.25, 0.3) is 6.33 Å². The van der Waals surface area contributed by atoms with Crippen LogP contribution in [-0.2, 0) is 26.5 Å². The van der Waals surface area contributed by atoms with Gasteiger partial charge in [0.05, 0.1) is 52.5 Å². The molecule has 0 spiro atoms. The van der Waals surface area contributed by atoms with Crippen molar-refractivity contribution in [2.45, 2.75) is 40.0 Å². The Bertz CT molecular complexity index is 5660. The number of nitrogens with zero attached hydrogens (tertiary/aromatic N) is 9. The van der Waals surface area contributed by atoms with Gasteiger partial charge in [-0.25, -0.2) is 15.0 Å². The fourth-order valence-electron chi connectivity index (χ4n) is 11.4. The van der Waals surface area contributed by atoms with Crippen LogP contribution in [0.15, 0.2) is 198 Å². The van der Waals surface area contributed by atoms with E-state index in [2.05, 4.69) is 89.9 Å². The minimum Gasteiger partial charge on any atom is -0.514 e. The average Bonchev–Trinajstić information content (AvgIpc) is 1.55. The minimum absolute atomic E-state index is 0. The molecule has 7 aromatic heterocycles. The number of para-hydroxylation sites is 6. The van der Waals surface area contributed by atoms with Crippen molar-refractivity contribution in [2.75, 3.05) is 0 Å². The SMILES string of the molecule is [2H]c1c([2H])c([2H])c(-c2cccc(-c3c([2H])c([2H])c([2H])c([2H])c3[2H])c2-[n+]2[c-]n(-c3[c-]c(-n4c5[c-]c6c(cc5n5c7cccc(C)c7nc45)n4c5cccc(C)c5nc4n6-c4cc(C(C)(C)C)ccn4)c4oc5ccccc5c4c3)c3ccccc32)c([2H])c1[2H].[Pt]. The van der Waals surface area contributed by atoms with Crippen molar-refractivity contribution in [3.8, 4) is 45.1 Å². The maximum Gasteiger partial charge on any atom is 0.268 e. The molecule has 0 saturated heterocycles. The number of aryl methyl sites for hydroxylation is 2. The van der Waals surface area contributed by atoms with Crippen molar-refractivity contribution >= 4 is 88.7 Å². The molecule has 0 aliphatic rings. The standard InChI is InChI=1S/C68H47N9O.Pt/c1-41-19-16-30-53-62(41)70-66-74(53)55-38-57-58(77(61-35-45(33-34-69-61)68(3,4)5)67-71-63-42(2)20-17-31-54(63)75(57)67)39-56(55)76(66)59-37-46(36-50-49-25-12-15-32-60(49)78-65(50)59)72-40-73(52-29-14-13-28-51(52)72)64-47(43-21-8-6-9-22-43)26-18-27-48(64)44-23-10-7-11-24-44;/h6-36,38H,1-5H3;/q-2;/i6D,7D,8D,9D,10D,11D,21D,22D,23D,24D;. The van der Waals surface area contributed by atoms with Crippen molar-refractivity contribution in [2.24, 2.45) is 0 Å². The fraction of sp³-hybridized carbons (Fsp3) is 0.0882. The Kier molecular flexibility index (Phi) is 8.20. The first kappa shape index (κ1) is 37.4. The van der Waals surface area contributed by atoms with E-state index in [0.29, 0.717) is 62.0 Å². The molecule has 0 aliphatic heterocycles. The summed E-state index contributed by atoms with van der Waals surface area (Å²) in [4.78, 5) is 15.9. The minimum atomic E-state index is -0.587. The van der Waals surface area contributed by atoms with Crippen molar-refractivity contribution in [3.05, 3.63) is 229 Å². The molecule has 7 heterocycles. The Balaban J connectivity index is 0.00000663. The summed E-state index contributed by atoms with van der Waals surface area (Å²) in [6.45, 7) is 10.6. The monoisotopic (exact) mass is 1210 g/mol. The van der Waals surface area contributed by atoms with Gasteiger partial charge in [-0.3, -0.25) is 9.13 Å². The maximum atomic E-state index is 9.27. The normalized spacial score (nSPS) is 14.0. The van der Waals surface area contributed by atoms with E-state index in [1.54, 1.807) is 22.8 Å². The second-order valence-electron chi connectivity index (χ2n) is 20.7. The van der Waals surface area contributed by atoms with Gasteiger partial charge in [-0.2, -0.15) is 0 Å². The van der Waals surface area contributed by atoms with Crippen molar-refractivity contribution in [3.63, 3.8) is 0 Å². The third kappa shape index (κ3) is 6.87. The summed E-state index contributed by atoms with van der Waals surface area (Å²) in [6, 6.07) is 42.9. The second kappa shape index (κ2) is 17.3. The number of fused-ring (bicyclic) bond motifs is 14. The van der Waals surface area contributed by atoms with Crippen LogP contribution in [-0.4, -0.2) is 37.5 Å². The molecule has 382 valence electrons. The molecule has 0 bridgehead atoms. The van der Waals surface area contributed by atoms with E-state index in [1.807, 2.05) is 101 Å². The van der Waals surface area contributed by atoms with Crippen LogP contribution in [0, 0.1) is 32.3 Å². The molecule has 16 rings (SSSR count). The Labute approximate surface area is 482 Å². The largest absolute Gasteiger partial charge is 0.514 e. The predicted octanol–water partition coefficient (Wildman–Crippen LogP) is 15.3. The number of hydrogen-bond acceptors (Lipinski definition) is 4. The van der Waals surface area contributed by atoms with Crippen LogP contribution in [0.5, 0.6) is 0 Å². The first-order valence-electron chi connectivity index (χ1n) is 30.6. The van der Waals surface area contributed by atoms with E-state index < -0.39 is 60.4 Å². The van der Waals surface area contributed by atoms with Crippen LogP contribution >= 0.6 is 0 Å². The zero-order valence-corrected chi connectivity index (χ0v) is 45.2. The first-order chi connectivity index (χ1) is 42.3. The van der Waals surface area contributed by atoms with E-state index in [1.165, 1.54) is 0 Å². The van der Waals surface area contributed by atoms with Crippen molar-refractivity contribution < 1.29 is 43.8 Å². The Morgan fingerprint density at radius 2 is 1.18 bits per heavy atom. The number of furan rings is 1.